The minimum absolute atomic E-state index is 0.00259. The van der Waals surface area contributed by atoms with Gasteiger partial charge in [-0.2, -0.15) is 0 Å². The summed E-state index contributed by atoms with van der Waals surface area (Å²) in [5.41, 5.74) is 0. The first-order valence-corrected chi connectivity index (χ1v) is 7.78. The van der Waals surface area contributed by atoms with Crippen molar-refractivity contribution in [1.29, 1.82) is 0 Å². The number of carbonyl (C=O) groups is 2. The molecule has 118 valence electrons. The van der Waals surface area contributed by atoms with Crippen molar-refractivity contribution >= 4 is 12.0 Å². The summed E-state index contributed by atoms with van der Waals surface area (Å²) in [6.45, 7) is 6.17. The monoisotopic (exact) mass is 286 g/mol. The van der Waals surface area contributed by atoms with Crippen molar-refractivity contribution in [3.8, 4) is 0 Å². The van der Waals surface area contributed by atoms with Crippen LogP contribution in [-0.4, -0.2) is 29.2 Å². The second-order valence-electron chi connectivity index (χ2n) is 5.43. The molecule has 2 amide bonds. The zero-order valence-electron chi connectivity index (χ0n) is 13.1. The number of carboxylic acid groups (broad SMARTS) is 1. The van der Waals surface area contributed by atoms with Crippen LogP contribution in [0, 0.1) is 0 Å². The molecule has 0 aromatic carbocycles. The number of urea groups is 1. The lowest BCUT2D eigenvalue weighted by Gasteiger charge is -2.20. The lowest BCUT2D eigenvalue weighted by molar-refractivity contribution is -0.137. The first-order chi connectivity index (χ1) is 9.49. The number of unbranched alkanes of at least 4 members (excludes halogenated alkanes) is 1. The number of carboxylic acids is 1. The Kier molecular flexibility index (Phi) is 10.8. The summed E-state index contributed by atoms with van der Waals surface area (Å²) in [6, 6.07) is 0.108. The number of aliphatic carboxylic acids is 1. The zero-order valence-corrected chi connectivity index (χ0v) is 13.1. The molecule has 0 heterocycles. The van der Waals surface area contributed by atoms with E-state index in [1.807, 2.05) is 6.92 Å². The number of hydrogen-bond acceptors (Lipinski definition) is 2. The Balaban J connectivity index is 3.94. The van der Waals surface area contributed by atoms with Crippen LogP contribution in [0.2, 0.25) is 0 Å². The van der Waals surface area contributed by atoms with Crippen molar-refractivity contribution in [3.63, 3.8) is 0 Å². The summed E-state index contributed by atoms with van der Waals surface area (Å²) < 4.78 is 0. The summed E-state index contributed by atoms with van der Waals surface area (Å²) in [5.74, 6) is -0.788. The molecule has 0 spiro atoms. The Morgan fingerprint density at radius 2 is 1.70 bits per heavy atom. The number of rotatable bonds is 11. The average molecular weight is 286 g/mol. The summed E-state index contributed by atoms with van der Waals surface area (Å²) >= 11 is 0. The normalized spacial score (nSPS) is 13.6. The van der Waals surface area contributed by atoms with E-state index in [1.165, 1.54) is 0 Å². The van der Waals surface area contributed by atoms with Crippen LogP contribution in [0.5, 0.6) is 0 Å². The van der Waals surface area contributed by atoms with E-state index in [1.54, 1.807) is 0 Å². The molecule has 5 heteroatoms. The predicted octanol–water partition coefficient (Wildman–Crippen LogP) is 3.29. The third kappa shape index (κ3) is 10.6. The Morgan fingerprint density at radius 1 is 1.00 bits per heavy atom. The highest BCUT2D eigenvalue weighted by Crippen LogP contribution is 2.07. The third-order valence-corrected chi connectivity index (χ3v) is 3.28. The second-order valence-corrected chi connectivity index (χ2v) is 5.43. The fraction of sp³-hybridized carbons (Fsp3) is 0.867. The minimum Gasteiger partial charge on any atom is -0.481 e. The third-order valence-electron chi connectivity index (χ3n) is 3.28. The SMILES string of the molecule is CCCCC(CCC)NC(=O)NC(C)CCCC(=O)O. The zero-order chi connectivity index (χ0) is 15.4. The van der Waals surface area contributed by atoms with Crippen LogP contribution >= 0.6 is 0 Å². The van der Waals surface area contributed by atoms with Gasteiger partial charge < -0.3 is 15.7 Å². The molecule has 0 saturated carbocycles. The van der Waals surface area contributed by atoms with Gasteiger partial charge in [0.05, 0.1) is 0 Å². The highest BCUT2D eigenvalue weighted by atomic mass is 16.4. The highest BCUT2D eigenvalue weighted by molar-refractivity contribution is 5.74. The smallest absolute Gasteiger partial charge is 0.315 e. The lowest BCUT2D eigenvalue weighted by atomic mass is 10.1. The van der Waals surface area contributed by atoms with Crippen molar-refractivity contribution in [2.75, 3.05) is 0 Å². The van der Waals surface area contributed by atoms with Crippen LogP contribution in [0.25, 0.3) is 0 Å². The van der Waals surface area contributed by atoms with Gasteiger partial charge in [0.25, 0.3) is 0 Å². The summed E-state index contributed by atoms with van der Waals surface area (Å²) in [4.78, 5) is 22.3. The van der Waals surface area contributed by atoms with Crippen LogP contribution < -0.4 is 10.6 Å². The van der Waals surface area contributed by atoms with Crippen molar-refractivity contribution in [3.05, 3.63) is 0 Å². The molecule has 0 aliphatic rings. The van der Waals surface area contributed by atoms with Crippen LogP contribution in [0.15, 0.2) is 0 Å². The molecule has 0 radical (unpaired) electrons. The van der Waals surface area contributed by atoms with Gasteiger partial charge in [0.2, 0.25) is 0 Å². The summed E-state index contributed by atoms with van der Waals surface area (Å²) in [5, 5.41) is 14.5. The van der Waals surface area contributed by atoms with Crippen molar-refractivity contribution in [1.82, 2.24) is 10.6 Å². The largest absolute Gasteiger partial charge is 0.481 e. The molecule has 2 unspecified atom stereocenters. The Labute approximate surface area is 122 Å². The van der Waals surface area contributed by atoms with Gasteiger partial charge in [0.15, 0.2) is 0 Å². The number of carbonyl (C=O) groups excluding carboxylic acids is 1. The fourth-order valence-electron chi connectivity index (χ4n) is 2.17. The van der Waals surface area contributed by atoms with Gasteiger partial charge in [0, 0.05) is 18.5 Å². The molecule has 0 saturated heterocycles. The number of nitrogens with one attached hydrogen (secondary N) is 2. The Bertz CT molecular complexity index is 282. The predicted molar refractivity (Wildman–Crippen MR) is 80.8 cm³/mol. The Morgan fingerprint density at radius 3 is 2.25 bits per heavy atom. The van der Waals surface area contributed by atoms with Crippen molar-refractivity contribution in [2.24, 2.45) is 0 Å². The van der Waals surface area contributed by atoms with Crippen molar-refractivity contribution < 1.29 is 14.7 Å². The molecule has 0 bridgehead atoms. The van der Waals surface area contributed by atoms with Gasteiger partial charge >= 0.3 is 12.0 Å². The van der Waals surface area contributed by atoms with E-state index >= 15 is 0 Å². The van der Waals surface area contributed by atoms with Gasteiger partial charge in [-0.1, -0.05) is 33.1 Å². The molecule has 0 aromatic rings. The van der Waals surface area contributed by atoms with Crippen LogP contribution in [0.4, 0.5) is 4.79 Å². The molecule has 0 rings (SSSR count). The van der Waals surface area contributed by atoms with E-state index in [0.717, 1.165) is 32.1 Å². The van der Waals surface area contributed by atoms with Gasteiger partial charge in [-0.25, -0.2) is 4.79 Å². The minimum atomic E-state index is -0.788. The molecule has 3 N–H and O–H groups in total. The molecule has 0 aromatic heterocycles. The Hall–Kier alpha value is -1.26. The van der Waals surface area contributed by atoms with Gasteiger partial charge in [-0.05, 0) is 32.6 Å². The van der Waals surface area contributed by atoms with Gasteiger partial charge in [-0.3, -0.25) is 4.79 Å². The molecular formula is C15H30N2O3. The van der Waals surface area contributed by atoms with E-state index in [2.05, 4.69) is 24.5 Å². The summed E-state index contributed by atoms with van der Waals surface area (Å²) in [6.07, 6.45) is 6.77. The maximum Gasteiger partial charge on any atom is 0.315 e. The van der Waals surface area contributed by atoms with E-state index in [0.29, 0.717) is 12.8 Å². The molecule has 5 nitrogen and oxygen atoms in total. The van der Waals surface area contributed by atoms with E-state index in [-0.39, 0.29) is 24.5 Å². The van der Waals surface area contributed by atoms with E-state index < -0.39 is 5.97 Å². The summed E-state index contributed by atoms with van der Waals surface area (Å²) in [7, 11) is 0. The second kappa shape index (κ2) is 11.6. The first-order valence-electron chi connectivity index (χ1n) is 7.78. The quantitative estimate of drug-likeness (QED) is 0.545. The lowest BCUT2D eigenvalue weighted by Crippen LogP contribution is -2.45. The molecule has 0 fully saturated rings. The molecule has 0 aliphatic carbocycles. The first kappa shape index (κ1) is 18.7. The number of amides is 2. The van der Waals surface area contributed by atoms with Gasteiger partial charge in [-0.15, -0.1) is 0 Å². The van der Waals surface area contributed by atoms with E-state index in [9.17, 15) is 9.59 Å². The van der Waals surface area contributed by atoms with Crippen LogP contribution in [0.3, 0.4) is 0 Å². The highest BCUT2D eigenvalue weighted by Gasteiger charge is 2.13. The molecule has 0 aliphatic heterocycles. The van der Waals surface area contributed by atoms with Crippen LogP contribution in [-0.2, 0) is 4.79 Å². The van der Waals surface area contributed by atoms with E-state index in [4.69, 9.17) is 5.11 Å². The maximum atomic E-state index is 11.9. The maximum absolute atomic E-state index is 11.9. The molecular weight excluding hydrogens is 256 g/mol. The topological polar surface area (TPSA) is 78.4 Å². The van der Waals surface area contributed by atoms with Gasteiger partial charge in [0.1, 0.15) is 0 Å². The molecule has 20 heavy (non-hydrogen) atoms. The van der Waals surface area contributed by atoms with Crippen LogP contribution in [0.1, 0.15) is 72.1 Å². The average Bonchev–Trinajstić information content (AvgIpc) is 2.35. The standard InChI is InChI=1S/C15H30N2O3/c1-4-6-10-13(8-5-2)17-15(20)16-12(3)9-7-11-14(18)19/h12-13H,4-11H2,1-3H3,(H,18,19)(H2,16,17,20). The fourth-order valence-corrected chi connectivity index (χ4v) is 2.17. The molecule has 2 atom stereocenters. The van der Waals surface area contributed by atoms with Crippen molar-refractivity contribution in [2.45, 2.75) is 84.2 Å². The number of hydrogen-bond donors (Lipinski definition) is 3.